The van der Waals surface area contributed by atoms with Gasteiger partial charge in [0.05, 0.1) is 5.41 Å². The molecule has 1 atom stereocenters. The summed E-state index contributed by atoms with van der Waals surface area (Å²) in [5, 5.41) is 0. The predicted octanol–water partition coefficient (Wildman–Crippen LogP) is 20.0. The second-order valence-corrected chi connectivity index (χ2v) is 20.5. The van der Waals surface area contributed by atoms with Gasteiger partial charge in [0.15, 0.2) is 0 Å². The Bertz CT molecular complexity index is 3700. The van der Waals surface area contributed by atoms with E-state index in [1.165, 1.54) is 101 Å². The molecule has 8 aromatic rings. The summed E-state index contributed by atoms with van der Waals surface area (Å²) >= 11 is 0. The van der Waals surface area contributed by atoms with E-state index in [9.17, 15) is 0 Å². The number of para-hydroxylation sites is 1. The van der Waals surface area contributed by atoms with Crippen molar-refractivity contribution in [3.63, 3.8) is 0 Å². The first-order chi connectivity index (χ1) is 37.7. The maximum Gasteiger partial charge on any atom is 0.0690 e. The minimum absolute atomic E-state index is 0.485. The Morgan fingerprint density at radius 3 is 1.51 bits per heavy atom. The van der Waals surface area contributed by atoms with Gasteiger partial charge >= 0.3 is 0 Å². The molecule has 5 aliphatic rings. The van der Waals surface area contributed by atoms with Crippen LogP contribution in [0.25, 0.3) is 39.0 Å². The maximum absolute atomic E-state index is 2.56. The maximum atomic E-state index is 2.56. The van der Waals surface area contributed by atoms with Gasteiger partial charge < -0.3 is 9.80 Å². The van der Waals surface area contributed by atoms with Gasteiger partial charge in [-0.2, -0.15) is 0 Å². The zero-order valence-electron chi connectivity index (χ0n) is 43.1. The van der Waals surface area contributed by atoms with Crippen LogP contribution in [-0.4, -0.2) is 0 Å². The van der Waals surface area contributed by atoms with Gasteiger partial charge in [0.25, 0.3) is 0 Å². The second kappa shape index (κ2) is 20.4. The van der Waals surface area contributed by atoms with Crippen LogP contribution < -0.4 is 9.80 Å². The van der Waals surface area contributed by atoms with Gasteiger partial charge in [-0.05, 0) is 196 Å². The first-order valence-corrected chi connectivity index (χ1v) is 27.2. The SMILES string of the molecule is C\C=C/C=C\C=C\C1=CC=C(C2=CC=C(N(c3ccccc3)c3ccc4c(c3)C3(C5=C(C=CCC5)c5ccccc53)c3cc(N(c5ccc(-c6ccccc6)cc5)c5ccc(-c6ccccc6)cc5)ccc3-4)CC2)CC1. The predicted molar refractivity (Wildman–Crippen MR) is 322 cm³/mol. The molecule has 0 fully saturated rings. The van der Waals surface area contributed by atoms with Crippen molar-refractivity contribution < 1.29 is 0 Å². The minimum Gasteiger partial charge on any atom is -0.314 e. The van der Waals surface area contributed by atoms with Crippen LogP contribution >= 0.6 is 0 Å². The summed E-state index contributed by atoms with van der Waals surface area (Å²) < 4.78 is 0. The molecule has 0 heterocycles. The Labute approximate surface area is 449 Å². The van der Waals surface area contributed by atoms with Crippen molar-refractivity contribution in [2.75, 3.05) is 9.80 Å². The lowest BCUT2D eigenvalue weighted by atomic mass is 9.68. The zero-order chi connectivity index (χ0) is 50.8. The molecule has 1 unspecified atom stereocenters. The average Bonchev–Trinajstić information content (AvgIpc) is 4.12. The highest BCUT2D eigenvalue weighted by Gasteiger charge is 2.53. The lowest BCUT2D eigenvalue weighted by Crippen LogP contribution is -2.28. The van der Waals surface area contributed by atoms with E-state index in [4.69, 9.17) is 0 Å². The summed E-state index contributed by atoms with van der Waals surface area (Å²) in [5.41, 5.74) is 26.6. The molecule has 0 radical (unpaired) electrons. The fraction of sp³-hybridized carbons (Fsp3) is 0.108. The van der Waals surface area contributed by atoms with Crippen LogP contribution in [0.15, 0.2) is 301 Å². The van der Waals surface area contributed by atoms with Crippen LogP contribution in [0.3, 0.4) is 0 Å². The Balaban J connectivity index is 0.940. The number of rotatable bonds is 12. The van der Waals surface area contributed by atoms with E-state index in [0.29, 0.717) is 0 Å². The topological polar surface area (TPSA) is 6.48 Å². The monoisotopic (exact) mass is 976 g/mol. The van der Waals surface area contributed by atoms with E-state index >= 15 is 0 Å². The quantitative estimate of drug-likeness (QED) is 0.113. The molecule has 2 nitrogen and oxygen atoms in total. The number of anilines is 5. The molecule has 0 saturated heterocycles. The molecule has 0 amide bonds. The molecule has 0 bridgehead atoms. The second-order valence-electron chi connectivity index (χ2n) is 20.5. The number of nitrogens with zero attached hydrogens (tertiary/aromatic N) is 2. The lowest BCUT2D eigenvalue weighted by Gasteiger charge is -2.36. The van der Waals surface area contributed by atoms with Gasteiger partial charge in [0.1, 0.15) is 0 Å². The van der Waals surface area contributed by atoms with Crippen LogP contribution in [0.5, 0.6) is 0 Å². The number of fused-ring (bicyclic) bond motifs is 9. The van der Waals surface area contributed by atoms with E-state index in [2.05, 4.69) is 283 Å². The highest BCUT2D eigenvalue weighted by molar-refractivity contribution is 5.99. The fourth-order valence-electron chi connectivity index (χ4n) is 12.6. The average molecular weight is 977 g/mol. The van der Waals surface area contributed by atoms with E-state index < -0.39 is 5.41 Å². The van der Waals surface area contributed by atoms with Gasteiger partial charge in [-0.1, -0.05) is 206 Å². The number of benzene rings is 8. The third-order valence-corrected chi connectivity index (χ3v) is 16.2. The van der Waals surface area contributed by atoms with E-state index in [-0.39, 0.29) is 0 Å². The number of allylic oxidation sites excluding steroid dienone is 18. The molecular formula is C74H60N2. The largest absolute Gasteiger partial charge is 0.314 e. The smallest absolute Gasteiger partial charge is 0.0690 e. The van der Waals surface area contributed by atoms with Gasteiger partial charge in [0, 0.05) is 34.1 Å². The molecule has 366 valence electrons. The molecule has 0 saturated carbocycles. The van der Waals surface area contributed by atoms with Crippen molar-refractivity contribution in [2.45, 2.75) is 50.9 Å². The molecule has 0 N–H and O–H groups in total. The van der Waals surface area contributed by atoms with Gasteiger partial charge in [-0.3, -0.25) is 0 Å². The summed E-state index contributed by atoms with van der Waals surface area (Å²) in [6.07, 6.45) is 33.0. The van der Waals surface area contributed by atoms with Crippen molar-refractivity contribution in [1.29, 1.82) is 0 Å². The molecule has 13 rings (SSSR count). The third-order valence-electron chi connectivity index (χ3n) is 16.2. The van der Waals surface area contributed by atoms with Crippen molar-refractivity contribution in [3.05, 3.63) is 323 Å². The normalized spacial score (nSPS) is 17.3. The van der Waals surface area contributed by atoms with Crippen LogP contribution in [0, 0.1) is 0 Å². The number of hydrogen-bond donors (Lipinski definition) is 0. The Hall–Kier alpha value is -8.98. The molecule has 8 aromatic carbocycles. The van der Waals surface area contributed by atoms with Crippen molar-refractivity contribution >= 4 is 34.0 Å². The van der Waals surface area contributed by atoms with Crippen LogP contribution in [0.1, 0.15) is 67.7 Å². The first kappa shape index (κ1) is 46.8. The summed E-state index contributed by atoms with van der Waals surface area (Å²) in [7, 11) is 0. The van der Waals surface area contributed by atoms with Gasteiger partial charge in [-0.25, -0.2) is 0 Å². The molecule has 1 spiro atoms. The first-order valence-electron chi connectivity index (χ1n) is 27.2. The van der Waals surface area contributed by atoms with Crippen molar-refractivity contribution in [2.24, 2.45) is 0 Å². The van der Waals surface area contributed by atoms with Crippen LogP contribution in [-0.2, 0) is 5.41 Å². The fourth-order valence-corrected chi connectivity index (χ4v) is 12.6. The zero-order valence-corrected chi connectivity index (χ0v) is 43.1. The van der Waals surface area contributed by atoms with Crippen LogP contribution in [0.2, 0.25) is 0 Å². The summed E-state index contributed by atoms with van der Waals surface area (Å²) in [6.45, 7) is 2.04. The molecule has 5 aliphatic carbocycles. The van der Waals surface area contributed by atoms with Crippen molar-refractivity contribution in [3.8, 4) is 33.4 Å². The molecule has 76 heavy (non-hydrogen) atoms. The minimum atomic E-state index is -0.485. The Morgan fingerprint density at radius 1 is 0.395 bits per heavy atom. The summed E-state index contributed by atoms with van der Waals surface area (Å²) in [6, 6.07) is 74.6. The third kappa shape index (κ3) is 8.41. The van der Waals surface area contributed by atoms with E-state index in [0.717, 1.165) is 55.6 Å². The number of hydrogen-bond acceptors (Lipinski definition) is 2. The molecule has 0 aliphatic heterocycles. The van der Waals surface area contributed by atoms with E-state index in [1.807, 2.05) is 6.92 Å². The highest BCUT2D eigenvalue weighted by Crippen LogP contribution is 2.65. The highest BCUT2D eigenvalue weighted by atomic mass is 15.2. The molecular weight excluding hydrogens is 917 g/mol. The van der Waals surface area contributed by atoms with Crippen LogP contribution in [0.4, 0.5) is 28.4 Å². The Morgan fingerprint density at radius 2 is 0.921 bits per heavy atom. The van der Waals surface area contributed by atoms with Gasteiger partial charge in [0.2, 0.25) is 0 Å². The summed E-state index contributed by atoms with van der Waals surface area (Å²) in [5.74, 6) is 0. The van der Waals surface area contributed by atoms with Gasteiger partial charge in [-0.15, -0.1) is 0 Å². The lowest BCUT2D eigenvalue weighted by molar-refractivity contribution is 0.714. The van der Waals surface area contributed by atoms with Crippen molar-refractivity contribution in [1.82, 2.24) is 0 Å². The Kier molecular flexibility index (Phi) is 12.5. The van der Waals surface area contributed by atoms with E-state index in [1.54, 1.807) is 0 Å². The summed E-state index contributed by atoms with van der Waals surface area (Å²) in [4.78, 5) is 4.99. The standard InChI is InChI=1S/C74H60N2/c1-2-3-4-5-9-20-53-31-33-56(34-32-53)59-39-45-61(46-40-59)75(60-25-14-8-15-26-60)64-47-49-68-69-50-48-65(52-73(69)74(72(68)51-64)70-29-18-16-27-66(70)67-28-17-19-30-71(67)74)76(62-41-35-57(36-42-62)54-21-10-6-11-22-54)63-43-37-58(38-44-63)55-23-12-7-13-24-55/h2-18,20-29,31,33,35-39,41-45,47-52H,19,30,32,34,40,46H2,1H3/b3-2-,5-4-,20-9+. The molecule has 0 aromatic heterocycles. The molecule has 2 heteroatoms.